The number of benzene rings is 2. The standard InChI is InChI=1S/C27H24Cl3N3O6S3/c1-15(13-38-16(2)34)22(25(37)39-14-27(28,29)30)33-23(36)21(32-20(35)12-17-8-4-3-5-9-17)24(33)41-42-26-31-18-10-6-7-11-19(18)40-26/h3-11,21-22,24H,1,12-14H2,2H3,(H,32,35). The number of hydrogen-bond donors (Lipinski definition) is 1. The third-order valence-corrected chi connectivity index (χ3v) is 10.2. The van der Waals surface area contributed by atoms with E-state index in [1.165, 1.54) is 44.7 Å². The number of hydrogen-bond acceptors (Lipinski definition) is 10. The second kappa shape index (κ2) is 14.3. The second-order valence-electron chi connectivity index (χ2n) is 9.03. The van der Waals surface area contributed by atoms with Crippen molar-refractivity contribution < 1.29 is 28.7 Å². The van der Waals surface area contributed by atoms with Gasteiger partial charge in [-0.15, -0.1) is 11.3 Å². The van der Waals surface area contributed by atoms with Crippen molar-refractivity contribution >= 4 is 102 Å². The fraction of sp³-hybridized carbons (Fsp3) is 0.296. The number of esters is 2. The van der Waals surface area contributed by atoms with Gasteiger partial charge in [-0.25, -0.2) is 9.78 Å². The number of fused-ring (bicyclic) bond motifs is 1. The molecule has 9 nitrogen and oxygen atoms in total. The molecule has 1 N–H and O–H groups in total. The van der Waals surface area contributed by atoms with Gasteiger partial charge in [-0.3, -0.25) is 14.4 Å². The maximum atomic E-state index is 13.5. The minimum atomic E-state index is -1.90. The van der Waals surface area contributed by atoms with E-state index in [4.69, 9.17) is 44.3 Å². The van der Waals surface area contributed by atoms with E-state index in [-0.39, 0.29) is 24.5 Å². The van der Waals surface area contributed by atoms with Gasteiger partial charge in [-0.1, -0.05) is 94.6 Å². The summed E-state index contributed by atoms with van der Waals surface area (Å²) >= 11 is 18.8. The van der Waals surface area contributed by atoms with Gasteiger partial charge in [-0.05, 0) is 34.1 Å². The predicted molar refractivity (Wildman–Crippen MR) is 167 cm³/mol. The molecule has 222 valence electrons. The normalized spacial score (nSPS) is 17.3. The molecule has 0 spiro atoms. The van der Waals surface area contributed by atoms with Crippen LogP contribution < -0.4 is 5.32 Å². The highest BCUT2D eigenvalue weighted by molar-refractivity contribution is 8.77. The number of nitrogens with one attached hydrogen (secondary N) is 1. The number of likely N-dealkylation sites (tertiary alicyclic amines) is 1. The summed E-state index contributed by atoms with van der Waals surface area (Å²) in [6.45, 7) is 4.11. The number of aromatic nitrogens is 1. The highest BCUT2D eigenvalue weighted by Gasteiger charge is 2.55. The van der Waals surface area contributed by atoms with E-state index >= 15 is 0 Å². The largest absolute Gasteiger partial charge is 0.461 e. The van der Waals surface area contributed by atoms with Crippen LogP contribution in [-0.2, 0) is 35.1 Å². The zero-order valence-corrected chi connectivity index (χ0v) is 26.7. The molecule has 2 amide bonds. The van der Waals surface area contributed by atoms with Gasteiger partial charge in [0, 0.05) is 6.92 Å². The van der Waals surface area contributed by atoms with Crippen LogP contribution in [-0.4, -0.2) is 68.1 Å². The first-order valence-electron chi connectivity index (χ1n) is 12.3. The van der Waals surface area contributed by atoms with Crippen LogP contribution in [0.1, 0.15) is 12.5 Å². The van der Waals surface area contributed by atoms with E-state index in [2.05, 4.69) is 16.9 Å². The highest BCUT2D eigenvalue weighted by atomic mass is 35.6. The Balaban J connectivity index is 1.58. The van der Waals surface area contributed by atoms with Crippen molar-refractivity contribution in [3.63, 3.8) is 0 Å². The average Bonchev–Trinajstić information content (AvgIpc) is 3.36. The fourth-order valence-corrected chi connectivity index (χ4v) is 8.08. The molecule has 1 aromatic heterocycles. The monoisotopic (exact) mass is 687 g/mol. The molecule has 2 aromatic carbocycles. The number of β-lactam (4-membered cyclic amide) rings is 1. The van der Waals surface area contributed by atoms with Crippen LogP contribution >= 0.6 is 67.7 Å². The molecule has 15 heteroatoms. The van der Waals surface area contributed by atoms with Crippen LogP contribution in [0.4, 0.5) is 0 Å². The van der Waals surface area contributed by atoms with Crippen molar-refractivity contribution in [1.82, 2.24) is 15.2 Å². The molecule has 0 bridgehead atoms. The first-order chi connectivity index (χ1) is 19.9. The van der Waals surface area contributed by atoms with Crippen molar-refractivity contribution in [2.45, 2.75) is 38.9 Å². The number of nitrogens with zero attached hydrogens (tertiary/aromatic N) is 2. The molecule has 1 aliphatic heterocycles. The third kappa shape index (κ3) is 8.55. The Morgan fingerprint density at radius 2 is 1.81 bits per heavy atom. The van der Waals surface area contributed by atoms with Crippen molar-refractivity contribution in [1.29, 1.82) is 0 Å². The maximum absolute atomic E-state index is 13.5. The van der Waals surface area contributed by atoms with E-state index in [1.54, 1.807) is 12.1 Å². The summed E-state index contributed by atoms with van der Waals surface area (Å²) in [6.07, 6.45) is 0.0564. The molecule has 3 aromatic rings. The quantitative estimate of drug-likeness (QED) is 0.0886. The first-order valence-corrected chi connectivity index (χ1v) is 16.5. The third-order valence-electron chi connectivity index (χ3n) is 5.82. The molecule has 42 heavy (non-hydrogen) atoms. The van der Waals surface area contributed by atoms with Crippen LogP contribution in [0.25, 0.3) is 10.2 Å². The SMILES string of the molecule is C=C(COC(C)=O)C(C(=O)OCC(Cl)(Cl)Cl)N1C(=O)C(NC(=O)Cc2ccccc2)C1SSc1nc2ccccc2s1. The number of amides is 2. The second-order valence-corrected chi connectivity index (χ2v) is 15.1. The lowest BCUT2D eigenvalue weighted by Gasteiger charge is -2.49. The Bertz CT molecular complexity index is 1450. The number of halogens is 3. The molecular formula is C27H24Cl3N3O6S3. The van der Waals surface area contributed by atoms with E-state index in [0.29, 0.717) is 4.34 Å². The van der Waals surface area contributed by atoms with Crippen molar-refractivity contribution in [2.75, 3.05) is 13.2 Å². The summed E-state index contributed by atoms with van der Waals surface area (Å²) in [5.74, 6) is -2.47. The number of carbonyl (C=O) groups excluding carboxylic acids is 4. The summed E-state index contributed by atoms with van der Waals surface area (Å²) in [4.78, 5) is 57.0. The predicted octanol–water partition coefficient (Wildman–Crippen LogP) is 5.33. The first kappa shape index (κ1) is 32.4. The molecule has 4 rings (SSSR count). The summed E-state index contributed by atoms with van der Waals surface area (Å²) in [6, 6.07) is 14.3. The van der Waals surface area contributed by atoms with Gasteiger partial charge in [0.05, 0.1) is 16.6 Å². The number of carbonyl (C=O) groups is 4. The van der Waals surface area contributed by atoms with Crippen molar-refractivity contribution in [3.8, 4) is 0 Å². The fourth-order valence-electron chi connectivity index (χ4n) is 3.96. The van der Waals surface area contributed by atoms with Gasteiger partial charge in [0.15, 0.2) is 10.4 Å². The lowest BCUT2D eigenvalue weighted by molar-refractivity contribution is -0.163. The zero-order valence-electron chi connectivity index (χ0n) is 22.0. The Kier molecular flexibility index (Phi) is 11.1. The van der Waals surface area contributed by atoms with Crippen LogP contribution in [0.2, 0.25) is 0 Å². The van der Waals surface area contributed by atoms with E-state index in [0.717, 1.165) is 15.8 Å². The van der Waals surface area contributed by atoms with Gasteiger partial charge in [0.2, 0.25) is 15.6 Å². The van der Waals surface area contributed by atoms with E-state index in [9.17, 15) is 19.2 Å². The Labute approximate surface area is 268 Å². The Morgan fingerprint density at radius 1 is 1.12 bits per heavy atom. The zero-order chi connectivity index (χ0) is 30.4. The minimum absolute atomic E-state index is 0.0564. The molecular weight excluding hydrogens is 665 g/mol. The average molecular weight is 689 g/mol. The molecule has 0 radical (unpaired) electrons. The maximum Gasteiger partial charge on any atom is 0.333 e. The number of ether oxygens (including phenoxy) is 2. The minimum Gasteiger partial charge on any atom is -0.461 e. The molecule has 0 aliphatic carbocycles. The summed E-state index contributed by atoms with van der Waals surface area (Å²) in [5.41, 5.74) is 1.66. The lowest BCUT2D eigenvalue weighted by atomic mass is 9.98. The molecule has 2 heterocycles. The van der Waals surface area contributed by atoms with Gasteiger partial charge < -0.3 is 19.7 Å². The van der Waals surface area contributed by atoms with Crippen LogP contribution in [0.5, 0.6) is 0 Å². The van der Waals surface area contributed by atoms with Gasteiger partial charge in [0.1, 0.15) is 24.6 Å². The number of para-hydroxylation sites is 1. The van der Waals surface area contributed by atoms with E-state index in [1.807, 2.05) is 42.5 Å². The van der Waals surface area contributed by atoms with Crippen LogP contribution in [0, 0.1) is 0 Å². The Morgan fingerprint density at radius 3 is 2.48 bits per heavy atom. The van der Waals surface area contributed by atoms with Gasteiger partial charge in [-0.2, -0.15) is 0 Å². The number of alkyl halides is 3. The summed E-state index contributed by atoms with van der Waals surface area (Å²) in [5, 5.41) is 2.03. The van der Waals surface area contributed by atoms with Crippen molar-refractivity contribution in [3.05, 3.63) is 72.3 Å². The number of rotatable bonds is 12. The molecule has 0 saturated carbocycles. The van der Waals surface area contributed by atoms with Gasteiger partial charge in [0.25, 0.3) is 0 Å². The van der Waals surface area contributed by atoms with Crippen LogP contribution in [0.3, 0.4) is 0 Å². The molecule has 3 unspecified atom stereocenters. The highest BCUT2D eigenvalue weighted by Crippen LogP contribution is 2.45. The number of thiazole rings is 1. The molecule has 1 saturated heterocycles. The lowest BCUT2D eigenvalue weighted by Crippen LogP contribution is -2.73. The molecule has 1 fully saturated rings. The molecule has 1 aliphatic rings. The topological polar surface area (TPSA) is 115 Å². The van der Waals surface area contributed by atoms with Crippen molar-refractivity contribution in [2.24, 2.45) is 0 Å². The van der Waals surface area contributed by atoms with Gasteiger partial charge >= 0.3 is 11.9 Å². The smallest absolute Gasteiger partial charge is 0.333 e. The summed E-state index contributed by atoms with van der Waals surface area (Å²) < 4.78 is 10.0. The summed E-state index contributed by atoms with van der Waals surface area (Å²) in [7, 11) is 2.53. The van der Waals surface area contributed by atoms with Crippen LogP contribution in [0.15, 0.2) is 71.1 Å². The Hall–Kier alpha value is -2.48. The van der Waals surface area contributed by atoms with E-state index < -0.39 is 45.7 Å². The molecule has 3 atom stereocenters.